The summed E-state index contributed by atoms with van der Waals surface area (Å²) < 4.78 is 65.5. The molecule has 34 heavy (non-hydrogen) atoms. The zero-order valence-corrected chi connectivity index (χ0v) is 18.6. The maximum Gasteiger partial charge on any atom is 0.239 e. The molecule has 3 heterocycles. The number of nitrogens with two attached hydrogens (primary N) is 1. The number of nitrogens with zero attached hydrogens (tertiary/aromatic N) is 5. The van der Waals surface area contributed by atoms with Crippen molar-refractivity contribution in [1.82, 2.24) is 19.3 Å². The highest BCUT2D eigenvalue weighted by atomic mass is 32.2. The SMILES string of the molecule is CN1C(N)=N[C@@]2(Cc3c(F)cc(/C=C(\F)c4cnc(OCc5cocn5)cn4)cc32)CS1(=O)=O. The molecule has 13 heteroatoms. The summed E-state index contributed by atoms with van der Waals surface area (Å²) in [5.41, 5.74) is 5.96. The van der Waals surface area contributed by atoms with Crippen molar-refractivity contribution in [3.8, 4) is 5.88 Å². The number of aromatic nitrogens is 3. The molecule has 1 aromatic carbocycles. The Labute approximate surface area is 192 Å². The van der Waals surface area contributed by atoms with Gasteiger partial charge in [0.15, 0.2) is 12.2 Å². The molecule has 0 bridgehead atoms. The van der Waals surface area contributed by atoms with E-state index in [1.165, 1.54) is 44.2 Å². The normalized spacial score (nSPS) is 21.1. The van der Waals surface area contributed by atoms with Crippen molar-refractivity contribution in [2.45, 2.75) is 18.6 Å². The Morgan fingerprint density at radius 3 is 2.82 bits per heavy atom. The standard InChI is InChI=1S/C21H18F2N6O4S/c1-29-20(24)28-21(10-34(29,30)31)5-14-15(21)2-12(3-16(14)22)4-17(23)18-6-26-19(7-25-18)33-9-13-8-32-11-27-13/h2-4,6-8,11H,5,9-10H2,1H3,(H2,24,28)/b17-4-/t21-/m0/s1. The first kappa shape index (κ1) is 21.9. The number of hydrogen-bond donors (Lipinski definition) is 1. The van der Waals surface area contributed by atoms with Gasteiger partial charge in [-0.25, -0.2) is 41.4 Å². The quantitative estimate of drug-likeness (QED) is 0.576. The highest BCUT2D eigenvalue weighted by molar-refractivity contribution is 7.89. The Bertz CT molecular complexity index is 1420. The second-order valence-corrected chi connectivity index (χ2v) is 9.93. The van der Waals surface area contributed by atoms with Crippen molar-refractivity contribution >= 4 is 27.9 Å². The van der Waals surface area contributed by atoms with Gasteiger partial charge in [0.25, 0.3) is 0 Å². The molecule has 176 valence electrons. The van der Waals surface area contributed by atoms with Gasteiger partial charge in [-0.3, -0.25) is 0 Å². The Balaban J connectivity index is 1.39. The van der Waals surface area contributed by atoms with E-state index in [-0.39, 0.29) is 41.9 Å². The minimum atomic E-state index is -3.71. The second kappa shape index (κ2) is 7.87. The third-order valence-corrected chi connectivity index (χ3v) is 7.56. The van der Waals surface area contributed by atoms with Crippen LogP contribution in [0.1, 0.15) is 28.1 Å². The van der Waals surface area contributed by atoms with E-state index in [9.17, 15) is 17.2 Å². The van der Waals surface area contributed by atoms with Gasteiger partial charge in [-0.15, -0.1) is 0 Å². The Kier molecular flexibility index (Phi) is 5.08. The lowest BCUT2D eigenvalue weighted by atomic mass is 9.71. The van der Waals surface area contributed by atoms with E-state index in [4.69, 9.17) is 14.9 Å². The van der Waals surface area contributed by atoms with Crippen LogP contribution in [-0.4, -0.2) is 46.4 Å². The molecule has 0 saturated carbocycles. The number of rotatable bonds is 5. The van der Waals surface area contributed by atoms with Crippen LogP contribution in [0.4, 0.5) is 8.78 Å². The largest absolute Gasteiger partial charge is 0.470 e. The van der Waals surface area contributed by atoms with Gasteiger partial charge in [0.2, 0.25) is 21.9 Å². The third kappa shape index (κ3) is 3.77. The van der Waals surface area contributed by atoms with Crippen LogP contribution in [0.5, 0.6) is 5.88 Å². The third-order valence-electron chi connectivity index (χ3n) is 5.70. The number of fused-ring (bicyclic) bond motifs is 2. The lowest BCUT2D eigenvalue weighted by Crippen LogP contribution is -2.55. The van der Waals surface area contributed by atoms with Crippen molar-refractivity contribution in [3.05, 3.63) is 71.1 Å². The molecule has 0 amide bonds. The monoisotopic (exact) mass is 488 g/mol. The highest BCUT2D eigenvalue weighted by Crippen LogP contribution is 2.47. The number of ether oxygens (including phenoxy) is 1. The van der Waals surface area contributed by atoms with Crippen molar-refractivity contribution in [1.29, 1.82) is 0 Å². The molecule has 1 spiro atoms. The summed E-state index contributed by atoms with van der Waals surface area (Å²) >= 11 is 0. The van der Waals surface area contributed by atoms with E-state index < -0.39 is 27.2 Å². The second-order valence-electron chi connectivity index (χ2n) is 7.93. The molecule has 1 aliphatic heterocycles. The molecule has 1 atom stereocenters. The summed E-state index contributed by atoms with van der Waals surface area (Å²) in [6.07, 6.45) is 6.29. The molecule has 5 rings (SSSR count). The minimum absolute atomic E-state index is 0.0873. The van der Waals surface area contributed by atoms with E-state index in [1.54, 1.807) is 0 Å². The summed E-state index contributed by atoms with van der Waals surface area (Å²) in [6.45, 7) is 0.109. The minimum Gasteiger partial charge on any atom is -0.470 e. The van der Waals surface area contributed by atoms with E-state index in [0.717, 1.165) is 10.4 Å². The maximum absolute atomic E-state index is 14.8. The fourth-order valence-electron chi connectivity index (χ4n) is 3.90. The topological polar surface area (TPSA) is 137 Å². The Hall–Kier alpha value is -3.87. The summed E-state index contributed by atoms with van der Waals surface area (Å²) in [5, 5.41) is 0. The highest BCUT2D eigenvalue weighted by Gasteiger charge is 2.51. The fourth-order valence-corrected chi connectivity index (χ4v) is 5.34. The van der Waals surface area contributed by atoms with Gasteiger partial charge in [-0.05, 0) is 34.9 Å². The van der Waals surface area contributed by atoms with Crippen LogP contribution in [-0.2, 0) is 28.6 Å². The molecule has 2 aliphatic rings. The molecule has 0 fully saturated rings. The molecule has 10 nitrogen and oxygen atoms in total. The van der Waals surface area contributed by atoms with Crippen molar-refractivity contribution < 1.29 is 26.4 Å². The zero-order chi connectivity index (χ0) is 24.1. The maximum atomic E-state index is 14.8. The van der Waals surface area contributed by atoms with Gasteiger partial charge in [0.1, 0.15) is 35.6 Å². The molecule has 1 aliphatic carbocycles. The van der Waals surface area contributed by atoms with Crippen molar-refractivity contribution in [2.24, 2.45) is 10.7 Å². The van der Waals surface area contributed by atoms with Crippen molar-refractivity contribution in [3.63, 3.8) is 0 Å². The number of benzene rings is 1. The number of guanidine groups is 1. The number of halogens is 2. The number of oxazole rings is 1. The Morgan fingerprint density at radius 1 is 1.32 bits per heavy atom. The molecular weight excluding hydrogens is 470 g/mol. The number of aliphatic imine (C=N–C) groups is 1. The van der Waals surface area contributed by atoms with Crippen LogP contribution in [0.3, 0.4) is 0 Å². The average molecular weight is 488 g/mol. The summed E-state index contributed by atoms with van der Waals surface area (Å²) in [7, 11) is -2.40. The summed E-state index contributed by atoms with van der Waals surface area (Å²) in [6, 6.07) is 2.69. The zero-order valence-electron chi connectivity index (χ0n) is 17.8. The van der Waals surface area contributed by atoms with Crippen LogP contribution in [0.25, 0.3) is 11.9 Å². The van der Waals surface area contributed by atoms with Gasteiger partial charge in [0.05, 0.1) is 18.1 Å². The van der Waals surface area contributed by atoms with E-state index in [2.05, 4.69) is 19.9 Å². The first-order valence-corrected chi connectivity index (χ1v) is 11.6. The van der Waals surface area contributed by atoms with Gasteiger partial charge >= 0.3 is 0 Å². The smallest absolute Gasteiger partial charge is 0.239 e. The predicted molar refractivity (Wildman–Crippen MR) is 117 cm³/mol. The van der Waals surface area contributed by atoms with Crippen LogP contribution in [0, 0.1) is 5.82 Å². The molecular formula is C21H18F2N6O4S. The van der Waals surface area contributed by atoms with Gasteiger partial charge in [-0.1, -0.05) is 0 Å². The molecule has 0 saturated heterocycles. The van der Waals surface area contributed by atoms with Crippen LogP contribution in [0.2, 0.25) is 0 Å². The van der Waals surface area contributed by atoms with Crippen molar-refractivity contribution in [2.75, 3.05) is 12.8 Å². The lowest BCUT2D eigenvalue weighted by molar-refractivity contribution is 0.287. The van der Waals surface area contributed by atoms with Gasteiger partial charge < -0.3 is 14.9 Å². The molecule has 3 aromatic rings. The van der Waals surface area contributed by atoms with E-state index >= 15 is 0 Å². The predicted octanol–water partition coefficient (Wildman–Crippen LogP) is 1.99. The van der Waals surface area contributed by atoms with Gasteiger partial charge in [-0.2, -0.15) is 0 Å². The fraction of sp³-hybridized carbons (Fsp3) is 0.238. The molecule has 0 unspecified atom stereocenters. The Morgan fingerprint density at radius 2 is 2.15 bits per heavy atom. The first-order valence-electron chi connectivity index (χ1n) is 10.0. The number of hydrogen-bond acceptors (Lipinski definition) is 9. The molecule has 0 radical (unpaired) electrons. The van der Waals surface area contributed by atoms with E-state index in [0.29, 0.717) is 16.8 Å². The molecule has 2 aromatic heterocycles. The lowest BCUT2D eigenvalue weighted by Gasteiger charge is -2.44. The van der Waals surface area contributed by atoms with Crippen LogP contribution >= 0.6 is 0 Å². The summed E-state index contributed by atoms with van der Waals surface area (Å²) in [5.74, 6) is -1.70. The first-order chi connectivity index (χ1) is 16.2. The molecule has 2 N–H and O–H groups in total. The van der Waals surface area contributed by atoms with Crippen LogP contribution < -0.4 is 10.5 Å². The summed E-state index contributed by atoms with van der Waals surface area (Å²) in [4.78, 5) is 16.2. The average Bonchev–Trinajstić information content (AvgIpc) is 3.31. The number of sulfonamides is 1. The van der Waals surface area contributed by atoms with Gasteiger partial charge in [0, 0.05) is 13.5 Å². The van der Waals surface area contributed by atoms with Crippen LogP contribution in [0.15, 0.2) is 46.6 Å². The van der Waals surface area contributed by atoms with E-state index in [1.807, 2.05) is 0 Å².